The Morgan fingerprint density at radius 2 is 1.68 bits per heavy atom. The molecule has 0 fully saturated rings. The van der Waals surface area contributed by atoms with Gasteiger partial charge in [-0.05, 0) is 32.8 Å². The number of carbonyl (C=O) groups excluding carboxylic acids is 1. The molecule has 6 nitrogen and oxygen atoms in total. The Morgan fingerprint density at radius 1 is 1.00 bits per heavy atom. The zero-order valence-electron chi connectivity index (χ0n) is 17.3. The molecule has 0 bridgehead atoms. The molecule has 0 saturated carbocycles. The van der Waals surface area contributed by atoms with E-state index in [1.807, 2.05) is 56.6 Å². The lowest BCUT2D eigenvalue weighted by Gasteiger charge is -2.26. The van der Waals surface area contributed by atoms with Crippen LogP contribution in [0.2, 0.25) is 0 Å². The van der Waals surface area contributed by atoms with Gasteiger partial charge in [-0.3, -0.25) is 0 Å². The van der Waals surface area contributed by atoms with Crippen molar-refractivity contribution in [3.8, 4) is 5.75 Å². The van der Waals surface area contributed by atoms with Gasteiger partial charge in [-0.15, -0.1) is 0 Å². The molecule has 28 heavy (non-hydrogen) atoms. The number of hydrogen-bond donors (Lipinski definition) is 2. The van der Waals surface area contributed by atoms with E-state index >= 15 is 0 Å². The van der Waals surface area contributed by atoms with Gasteiger partial charge < -0.3 is 25.2 Å². The molecule has 0 aliphatic rings. The number of likely N-dealkylation sites (N-methyl/N-ethyl adjacent to an activating group) is 2. The summed E-state index contributed by atoms with van der Waals surface area (Å²) in [6, 6.07) is 18.1. The molecule has 0 aliphatic heterocycles. The van der Waals surface area contributed by atoms with Crippen molar-refractivity contribution in [1.29, 1.82) is 0 Å². The van der Waals surface area contributed by atoms with Crippen molar-refractivity contribution >= 4 is 6.03 Å². The maximum absolute atomic E-state index is 12.2. The number of nitrogens with one attached hydrogen (secondary N) is 2. The normalized spacial score (nSPS) is 12.1. The molecular weight excluding hydrogens is 352 g/mol. The van der Waals surface area contributed by atoms with E-state index in [1.54, 1.807) is 7.11 Å². The highest BCUT2D eigenvalue weighted by molar-refractivity contribution is 5.73. The molecule has 2 N–H and O–H groups in total. The van der Waals surface area contributed by atoms with Gasteiger partial charge >= 0.3 is 6.03 Å². The Balaban J connectivity index is 1.77. The second-order valence-corrected chi connectivity index (χ2v) is 7.08. The zero-order valence-corrected chi connectivity index (χ0v) is 17.3. The van der Waals surface area contributed by atoms with Crippen LogP contribution in [0.3, 0.4) is 0 Å². The molecule has 0 aromatic heterocycles. The summed E-state index contributed by atoms with van der Waals surface area (Å²) in [4.78, 5) is 16.5. The topological polar surface area (TPSA) is 56.8 Å². The van der Waals surface area contributed by atoms with Gasteiger partial charge in [0.15, 0.2) is 0 Å². The fraction of sp³-hybridized carbons (Fsp3) is 0.409. The molecule has 0 spiro atoms. The van der Waals surface area contributed by atoms with Crippen LogP contribution in [-0.2, 0) is 6.54 Å². The Morgan fingerprint density at radius 3 is 2.36 bits per heavy atom. The highest BCUT2D eigenvalue weighted by Crippen LogP contribution is 2.27. The van der Waals surface area contributed by atoms with Crippen LogP contribution in [0.4, 0.5) is 4.79 Å². The monoisotopic (exact) mass is 384 g/mol. The number of carbonyl (C=O) groups is 1. The van der Waals surface area contributed by atoms with Crippen molar-refractivity contribution in [2.45, 2.75) is 12.6 Å². The number of amides is 2. The molecule has 0 aliphatic carbocycles. The molecule has 2 rings (SSSR count). The smallest absolute Gasteiger partial charge is 0.314 e. The van der Waals surface area contributed by atoms with E-state index in [-0.39, 0.29) is 12.1 Å². The second-order valence-electron chi connectivity index (χ2n) is 7.08. The van der Waals surface area contributed by atoms with Crippen LogP contribution >= 0.6 is 0 Å². The predicted molar refractivity (Wildman–Crippen MR) is 114 cm³/mol. The molecule has 0 heterocycles. The number of methoxy groups -OCH3 is 1. The highest BCUT2D eigenvalue weighted by Gasteiger charge is 2.18. The third-order valence-corrected chi connectivity index (χ3v) is 4.65. The van der Waals surface area contributed by atoms with Crippen molar-refractivity contribution in [3.05, 3.63) is 65.7 Å². The summed E-state index contributed by atoms with van der Waals surface area (Å²) in [6.07, 6.45) is 0. The summed E-state index contributed by atoms with van der Waals surface area (Å²) in [7, 11) is 7.71. The molecule has 2 amide bonds. The predicted octanol–water partition coefficient (Wildman–Crippen LogP) is 2.73. The van der Waals surface area contributed by atoms with Crippen molar-refractivity contribution in [2.24, 2.45) is 0 Å². The lowest BCUT2D eigenvalue weighted by Crippen LogP contribution is -2.42. The average molecular weight is 385 g/mol. The SMILES string of the molecule is COc1ccccc1C(CNC(=O)NCCN(C)Cc1ccccc1)N(C)C. The van der Waals surface area contributed by atoms with Crippen LogP contribution in [-0.4, -0.2) is 63.7 Å². The second kappa shape index (κ2) is 11.3. The zero-order chi connectivity index (χ0) is 20.4. The number of hydrogen-bond acceptors (Lipinski definition) is 4. The van der Waals surface area contributed by atoms with Crippen LogP contribution in [0.25, 0.3) is 0 Å². The van der Waals surface area contributed by atoms with Crippen molar-refractivity contribution in [2.75, 3.05) is 47.9 Å². The van der Waals surface area contributed by atoms with Crippen LogP contribution in [0.1, 0.15) is 17.2 Å². The molecule has 6 heteroatoms. The van der Waals surface area contributed by atoms with E-state index in [4.69, 9.17) is 4.74 Å². The molecule has 0 radical (unpaired) electrons. The summed E-state index contributed by atoms with van der Waals surface area (Å²) in [5.74, 6) is 0.825. The summed E-state index contributed by atoms with van der Waals surface area (Å²) in [5, 5.41) is 5.90. The standard InChI is InChI=1S/C22H32N4O2/c1-25(2)20(19-12-8-9-13-21(19)28-4)16-24-22(27)23-14-15-26(3)17-18-10-6-5-7-11-18/h5-13,20H,14-17H2,1-4H3,(H2,23,24,27). The van der Waals surface area contributed by atoms with Gasteiger partial charge in [0.25, 0.3) is 0 Å². The minimum atomic E-state index is -0.158. The maximum atomic E-state index is 12.2. The van der Waals surface area contributed by atoms with Crippen molar-refractivity contribution < 1.29 is 9.53 Å². The summed E-state index contributed by atoms with van der Waals surface area (Å²) < 4.78 is 5.46. The van der Waals surface area contributed by atoms with E-state index in [2.05, 4.69) is 39.6 Å². The van der Waals surface area contributed by atoms with E-state index in [1.165, 1.54) is 5.56 Å². The third-order valence-electron chi connectivity index (χ3n) is 4.65. The van der Waals surface area contributed by atoms with Gasteiger partial charge in [-0.2, -0.15) is 0 Å². The minimum Gasteiger partial charge on any atom is -0.496 e. The van der Waals surface area contributed by atoms with Crippen molar-refractivity contribution in [3.63, 3.8) is 0 Å². The third kappa shape index (κ3) is 6.87. The summed E-state index contributed by atoms with van der Waals surface area (Å²) in [6.45, 7) is 2.74. The van der Waals surface area contributed by atoms with Crippen LogP contribution in [0, 0.1) is 0 Å². The Bertz CT molecular complexity index is 721. The molecule has 1 atom stereocenters. The Labute approximate surface area is 168 Å². The molecule has 1 unspecified atom stereocenters. The van der Waals surface area contributed by atoms with Gasteiger partial charge in [-0.1, -0.05) is 48.5 Å². The van der Waals surface area contributed by atoms with Gasteiger partial charge in [0.2, 0.25) is 0 Å². The number of rotatable bonds is 10. The minimum absolute atomic E-state index is 0.0302. The van der Waals surface area contributed by atoms with E-state index in [0.717, 1.165) is 24.4 Å². The average Bonchev–Trinajstić information content (AvgIpc) is 2.69. The Hall–Kier alpha value is -2.57. The largest absolute Gasteiger partial charge is 0.496 e. The van der Waals surface area contributed by atoms with Crippen LogP contribution < -0.4 is 15.4 Å². The van der Waals surface area contributed by atoms with E-state index in [0.29, 0.717) is 13.1 Å². The van der Waals surface area contributed by atoms with Crippen molar-refractivity contribution in [1.82, 2.24) is 20.4 Å². The molecule has 152 valence electrons. The van der Waals surface area contributed by atoms with Crippen LogP contribution in [0.15, 0.2) is 54.6 Å². The first-order valence-corrected chi connectivity index (χ1v) is 9.54. The quantitative estimate of drug-likeness (QED) is 0.661. The maximum Gasteiger partial charge on any atom is 0.314 e. The number of para-hydroxylation sites is 1. The molecular formula is C22H32N4O2. The summed E-state index contributed by atoms with van der Waals surface area (Å²) in [5.41, 5.74) is 2.32. The Kier molecular flexibility index (Phi) is 8.78. The number of ether oxygens (including phenoxy) is 1. The van der Waals surface area contributed by atoms with E-state index < -0.39 is 0 Å². The van der Waals surface area contributed by atoms with Gasteiger partial charge in [-0.25, -0.2) is 4.79 Å². The first-order chi connectivity index (χ1) is 13.5. The molecule has 2 aromatic carbocycles. The van der Waals surface area contributed by atoms with Gasteiger partial charge in [0, 0.05) is 31.7 Å². The first kappa shape index (κ1) is 21.7. The fourth-order valence-corrected chi connectivity index (χ4v) is 3.10. The van der Waals surface area contributed by atoms with E-state index in [9.17, 15) is 4.79 Å². The van der Waals surface area contributed by atoms with Crippen LogP contribution in [0.5, 0.6) is 5.75 Å². The molecule has 2 aromatic rings. The first-order valence-electron chi connectivity index (χ1n) is 9.54. The number of nitrogens with zero attached hydrogens (tertiary/aromatic N) is 2. The number of urea groups is 1. The fourth-order valence-electron chi connectivity index (χ4n) is 3.10. The molecule has 0 saturated heterocycles. The lowest BCUT2D eigenvalue weighted by atomic mass is 10.0. The van der Waals surface area contributed by atoms with Gasteiger partial charge in [0.05, 0.1) is 13.2 Å². The number of benzene rings is 2. The lowest BCUT2D eigenvalue weighted by molar-refractivity contribution is 0.229. The van der Waals surface area contributed by atoms with Gasteiger partial charge in [0.1, 0.15) is 5.75 Å². The highest BCUT2D eigenvalue weighted by atomic mass is 16.5. The summed E-state index contributed by atoms with van der Waals surface area (Å²) >= 11 is 0.